The van der Waals surface area contributed by atoms with Crippen molar-refractivity contribution in [3.05, 3.63) is 45.9 Å². The van der Waals surface area contributed by atoms with Gasteiger partial charge in [0.1, 0.15) is 23.1 Å². The average molecular weight is 407 g/mol. The fourth-order valence-corrected chi connectivity index (χ4v) is 3.96. The Kier molecular flexibility index (Phi) is 6.10. The lowest BCUT2D eigenvalue weighted by atomic mass is 10.1. The third kappa shape index (κ3) is 4.21. The van der Waals surface area contributed by atoms with E-state index in [0.29, 0.717) is 24.6 Å². The fourth-order valence-electron chi connectivity index (χ4n) is 3.96. The molecule has 0 radical (unpaired) electrons. The van der Waals surface area contributed by atoms with Crippen LogP contribution in [-0.2, 0) is 9.53 Å². The van der Waals surface area contributed by atoms with Crippen LogP contribution in [0.4, 0.5) is 5.82 Å². The number of rotatable bonds is 5. The summed E-state index contributed by atoms with van der Waals surface area (Å²) in [5, 5.41) is 12.4. The van der Waals surface area contributed by atoms with Gasteiger partial charge in [0.05, 0.1) is 11.7 Å². The zero-order valence-electron chi connectivity index (χ0n) is 16.8. The lowest BCUT2D eigenvalue weighted by Crippen LogP contribution is -2.34. The molecule has 2 fully saturated rings. The van der Waals surface area contributed by atoms with Gasteiger partial charge in [0.2, 0.25) is 0 Å². The Bertz CT molecular complexity index is 1060. The number of aromatic nitrogens is 2. The summed E-state index contributed by atoms with van der Waals surface area (Å²) in [5.41, 5.74) is 0.410. The highest BCUT2D eigenvalue weighted by Gasteiger charge is 2.22. The van der Waals surface area contributed by atoms with Crippen LogP contribution in [0.5, 0.6) is 0 Å². The topological polar surface area (TPSA) is 99.7 Å². The number of ether oxygens (including phenoxy) is 1. The molecule has 1 unspecified atom stereocenters. The smallest absolute Gasteiger partial charge is 0.267 e. The number of hydrogen-bond acceptors (Lipinski definition) is 6. The monoisotopic (exact) mass is 407 g/mol. The van der Waals surface area contributed by atoms with Crippen molar-refractivity contribution in [2.75, 3.05) is 31.1 Å². The molecule has 2 aliphatic heterocycles. The van der Waals surface area contributed by atoms with Gasteiger partial charge in [-0.2, -0.15) is 5.26 Å². The molecule has 156 valence electrons. The Morgan fingerprint density at radius 3 is 2.87 bits per heavy atom. The maximum absolute atomic E-state index is 13.2. The number of piperidine rings is 1. The molecule has 0 aliphatic carbocycles. The number of carbonyl (C=O) groups excluding carboxylic acids is 1. The van der Waals surface area contributed by atoms with Gasteiger partial charge in [0.15, 0.2) is 0 Å². The minimum absolute atomic E-state index is 0.0224. The Labute approximate surface area is 174 Å². The van der Waals surface area contributed by atoms with Crippen LogP contribution in [0.3, 0.4) is 0 Å². The van der Waals surface area contributed by atoms with E-state index in [1.54, 1.807) is 18.3 Å². The number of amides is 1. The van der Waals surface area contributed by atoms with Crippen molar-refractivity contribution in [1.82, 2.24) is 14.7 Å². The third-order valence-corrected chi connectivity index (χ3v) is 5.57. The molecule has 1 N–H and O–H groups in total. The average Bonchev–Trinajstić information content (AvgIpc) is 3.31. The summed E-state index contributed by atoms with van der Waals surface area (Å²) in [7, 11) is 0. The van der Waals surface area contributed by atoms with Crippen LogP contribution in [0.1, 0.15) is 37.7 Å². The molecule has 4 rings (SSSR count). The van der Waals surface area contributed by atoms with Gasteiger partial charge >= 0.3 is 0 Å². The number of carbonyl (C=O) groups is 1. The summed E-state index contributed by atoms with van der Waals surface area (Å²) < 4.78 is 6.96. The normalized spacial score (nSPS) is 19.6. The van der Waals surface area contributed by atoms with E-state index in [-0.39, 0.29) is 22.8 Å². The first-order valence-corrected chi connectivity index (χ1v) is 10.5. The van der Waals surface area contributed by atoms with E-state index in [4.69, 9.17) is 9.72 Å². The predicted molar refractivity (Wildman–Crippen MR) is 113 cm³/mol. The molecule has 0 saturated carbocycles. The van der Waals surface area contributed by atoms with E-state index in [9.17, 15) is 14.9 Å². The van der Waals surface area contributed by atoms with Crippen molar-refractivity contribution in [2.24, 2.45) is 0 Å². The van der Waals surface area contributed by atoms with Gasteiger partial charge in [0, 0.05) is 32.4 Å². The second-order valence-electron chi connectivity index (χ2n) is 7.65. The first kappa shape index (κ1) is 20.1. The molecule has 30 heavy (non-hydrogen) atoms. The van der Waals surface area contributed by atoms with Gasteiger partial charge in [-0.15, -0.1) is 0 Å². The van der Waals surface area contributed by atoms with Crippen LogP contribution >= 0.6 is 0 Å². The summed E-state index contributed by atoms with van der Waals surface area (Å²) in [4.78, 5) is 32.6. The molecule has 0 bridgehead atoms. The maximum Gasteiger partial charge on any atom is 0.267 e. The van der Waals surface area contributed by atoms with E-state index in [1.165, 1.54) is 10.5 Å². The Morgan fingerprint density at radius 2 is 2.13 bits per heavy atom. The van der Waals surface area contributed by atoms with Crippen LogP contribution in [0.15, 0.2) is 34.8 Å². The molecular weight excluding hydrogens is 382 g/mol. The van der Waals surface area contributed by atoms with E-state index in [0.717, 1.165) is 45.2 Å². The quantitative estimate of drug-likeness (QED) is 0.600. The lowest BCUT2D eigenvalue weighted by molar-refractivity contribution is -0.117. The van der Waals surface area contributed by atoms with E-state index < -0.39 is 5.91 Å². The molecule has 4 heterocycles. The fraction of sp³-hybridized carbons (Fsp3) is 0.455. The third-order valence-electron chi connectivity index (χ3n) is 5.57. The predicted octanol–water partition coefficient (Wildman–Crippen LogP) is 1.89. The zero-order chi connectivity index (χ0) is 20.9. The van der Waals surface area contributed by atoms with E-state index in [2.05, 4.69) is 10.2 Å². The Morgan fingerprint density at radius 1 is 1.30 bits per heavy atom. The maximum atomic E-state index is 13.2. The standard InChI is InChI=1S/C22H25N5O3/c23-14-16(21(28)24-15-17-7-6-12-30-17)13-18-20(26-9-3-1-4-10-26)25-19-8-2-5-11-27(19)22(18)29/h2,5,8,11,13,17H,1,3-4,6-7,9-10,12,15H2,(H,24,28)/b16-13+. The molecule has 2 saturated heterocycles. The lowest BCUT2D eigenvalue weighted by Gasteiger charge is -2.29. The SMILES string of the molecule is N#C/C(=C\c1c(N2CCCCC2)nc2ccccn2c1=O)C(=O)NCC1CCCO1. The first-order chi connectivity index (χ1) is 14.7. The van der Waals surface area contributed by atoms with Crippen LogP contribution < -0.4 is 15.8 Å². The van der Waals surface area contributed by atoms with Crippen LogP contribution in [-0.4, -0.2) is 47.6 Å². The highest BCUT2D eigenvalue weighted by molar-refractivity contribution is 6.02. The van der Waals surface area contributed by atoms with Gasteiger partial charge in [-0.3, -0.25) is 14.0 Å². The summed E-state index contributed by atoms with van der Waals surface area (Å²) in [6, 6.07) is 7.31. The van der Waals surface area contributed by atoms with Gasteiger partial charge in [0.25, 0.3) is 11.5 Å². The number of hydrogen-bond donors (Lipinski definition) is 1. The minimum Gasteiger partial charge on any atom is -0.376 e. The molecule has 8 heteroatoms. The molecule has 1 amide bonds. The summed E-state index contributed by atoms with van der Waals surface area (Å²) in [5.74, 6) is 0.0285. The van der Waals surface area contributed by atoms with Gasteiger partial charge < -0.3 is 15.0 Å². The molecule has 8 nitrogen and oxygen atoms in total. The number of pyridine rings is 1. The molecule has 1 atom stereocenters. The van der Waals surface area contributed by atoms with Gasteiger partial charge in [-0.05, 0) is 50.3 Å². The number of nitrogens with one attached hydrogen (secondary N) is 1. The first-order valence-electron chi connectivity index (χ1n) is 10.5. The van der Waals surface area contributed by atoms with Crippen LogP contribution in [0.25, 0.3) is 11.7 Å². The second kappa shape index (κ2) is 9.09. The number of nitrogens with zero attached hydrogens (tertiary/aromatic N) is 4. The number of nitriles is 1. The van der Waals surface area contributed by atoms with Gasteiger partial charge in [-0.1, -0.05) is 6.07 Å². The summed E-state index contributed by atoms with van der Waals surface area (Å²) in [6.07, 6.45) is 8.04. The molecular formula is C22H25N5O3. The molecule has 2 aromatic heterocycles. The number of fused-ring (bicyclic) bond motifs is 1. The highest BCUT2D eigenvalue weighted by atomic mass is 16.5. The number of anilines is 1. The van der Waals surface area contributed by atoms with Crippen molar-refractivity contribution < 1.29 is 9.53 Å². The summed E-state index contributed by atoms with van der Waals surface area (Å²) in [6.45, 7) is 2.64. The van der Waals surface area contributed by atoms with E-state index in [1.807, 2.05) is 12.1 Å². The van der Waals surface area contributed by atoms with Crippen molar-refractivity contribution in [3.63, 3.8) is 0 Å². The Balaban J connectivity index is 1.71. The van der Waals surface area contributed by atoms with E-state index >= 15 is 0 Å². The van der Waals surface area contributed by atoms with Crippen molar-refractivity contribution in [3.8, 4) is 6.07 Å². The molecule has 2 aliphatic rings. The largest absolute Gasteiger partial charge is 0.376 e. The Hall–Kier alpha value is -3.18. The van der Waals surface area contributed by atoms with Gasteiger partial charge in [-0.25, -0.2) is 4.98 Å². The molecule has 0 spiro atoms. The molecule has 2 aromatic rings. The zero-order valence-corrected chi connectivity index (χ0v) is 16.8. The van der Waals surface area contributed by atoms with Crippen LogP contribution in [0, 0.1) is 11.3 Å². The second-order valence-corrected chi connectivity index (χ2v) is 7.65. The van der Waals surface area contributed by atoms with Crippen molar-refractivity contribution in [2.45, 2.75) is 38.2 Å². The summed E-state index contributed by atoms with van der Waals surface area (Å²) >= 11 is 0. The minimum atomic E-state index is -0.504. The molecule has 0 aromatic carbocycles. The highest BCUT2D eigenvalue weighted by Crippen LogP contribution is 2.23. The van der Waals surface area contributed by atoms with Crippen LogP contribution in [0.2, 0.25) is 0 Å². The van der Waals surface area contributed by atoms with Crippen molar-refractivity contribution >= 4 is 23.4 Å². The van der Waals surface area contributed by atoms with Crippen molar-refractivity contribution in [1.29, 1.82) is 5.26 Å².